The summed E-state index contributed by atoms with van der Waals surface area (Å²) >= 11 is 1.56. The molecule has 2 amide bonds. The number of thiazole rings is 1. The van der Waals surface area contributed by atoms with Gasteiger partial charge in [0.05, 0.1) is 5.69 Å². The third-order valence-electron chi connectivity index (χ3n) is 3.71. The molecule has 1 aliphatic rings. The summed E-state index contributed by atoms with van der Waals surface area (Å²) in [4.78, 5) is 19.6. The van der Waals surface area contributed by atoms with Crippen LogP contribution in [0.3, 0.4) is 0 Å². The van der Waals surface area contributed by atoms with E-state index in [1.54, 1.807) is 28.4 Å². The Morgan fingerprint density at radius 2 is 1.91 bits per heavy atom. The van der Waals surface area contributed by atoms with Gasteiger partial charge in [0.1, 0.15) is 10.8 Å². The maximum Gasteiger partial charge on any atom is 0.314 e. The highest BCUT2D eigenvalue weighted by Crippen LogP contribution is 2.24. The second kappa shape index (κ2) is 6.41. The van der Waals surface area contributed by atoms with Crippen molar-refractivity contribution < 1.29 is 9.18 Å². The number of aromatic nitrogens is 1. The Bertz CT molecular complexity index is 650. The van der Waals surface area contributed by atoms with E-state index in [9.17, 15) is 9.18 Å². The summed E-state index contributed by atoms with van der Waals surface area (Å²) in [5, 5.41) is 2.92. The fraction of sp³-hybridized carbons (Fsp3) is 0.333. The Labute approximate surface area is 132 Å². The summed E-state index contributed by atoms with van der Waals surface area (Å²) in [5.41, 5.74) is 7.20. The van der Waals surface area contributed by atoms with E-state index in [4.69, 9.17) is 5.73 Å². The van der Waals surface area contributed by atoms with Crippen LogP contribution in [0.4, 0.5) is 9.18 Å². The third kappa shape index (κ3) is 3.42. The molecule has 0 saturated carbocycles. The van der Waals surface area contributed by atoms with Gasteiger partial charge in [0.2, 0.25) is 0 Å². The lowest BCUT2D eigenvalue weighted by molar-refractivity contribution is 0.140. The molecule has 0 bridgehead atoms. The van der Waals surface area contributed by atoms with E-state index in [2.05, 4.69) is 9.88 Å². The normalized spacial score (nSPS) is 16.0. The molecule has 2 N–H and O–H groups in total. The summed E-state index contributed by atoms with van der Waals surface area (Å²) in [6, 6.07) is 6.01. The summed E-state index contributed by atoms with van der Waals surface area (Å²) < 4.78 is 12.9. The summed E-state index contributed by atoms with van der Waals surface area (Å²) in [6.45, 7) is 3.66. The number of hydrogen-bond donors (Lipinski definition) is 1. The molecule has 1 aromatic heterocycles. The Morgan fingerprint density at radius 3 is 2.55 bits per heavy atom. The van der Waals surface area contributed by atoms with Gasteiger partial charge in [-0.2, -0.15) is 0 Å². The number of halogens is 1. The molecular formula is C15H17FN4OS. The summed E-state index contributed by atoms with van der Waals surface area (Å²) in [7, 11) is 0. The second-order valence-electron chi connectivity index (χ2n) is 5.25. The van der Waals surface area contributed by atoms with Crippen molar-refractivity contribution in [1.29, 1.82) is 0 Å². The van der Waals surface area contributed by atoms with Gasteiger partial charge in [-0.25, -0.2) is 14.2 Å². The van der Waals surface area contributed by atoms with Crippen LogP contribution < -0.4 is 5.73 Å². The second-order valence-corrected chi connectivity index (χ2v) is 6.11. The maximum atomic E-state index is 12.9. The zero-order valence-electron chi connectivity index (χ0n) is 12.0. The van der Waals surface area contributed by atoms with Crippen molar-refractivity contribution in [2.45, 2.75) is 6.54 Å². The van der Waals surface area contributed by atoms with Gasteiger partial charge in [-0.15, -0.1) is 11.3 Å². The molecule has 3 rings (SSSR count). The highest BCUT2D eigenvalue weighted by molar-refractivity contribution is 7.13. The molecule has 2 aromatic rings. The third-order valence-corrected chi connectivity index (χ3v) is 4.65. The number of amides is 2. The first-order valence-electron chi connectivity index (χ1n) is 7.09. The Hall–Kier alpha value is -1.99. The first-order chi connectivity index (χ1) is 10.6. The van der Waals surface area contributed by atoms with Crippen molar-refractivity contribution in [3.8, 4) is 10.6 Å². The fourth-order valence-corrected chi connectivity index (χ4v) is 3.28. The van der Waals surface area contributed by atoms with Crippen LogP contribution in [0.5, 0.6) is 0 Å². The summed E-state index contributed by atoms with van der Waals surface area (Å²) in [6.07, 6.45) is 0. The number of nitrogens with two attached hydrogens (primary N) is 1. The zero-order chi connectivity index (χ0) is 15.5. The van der Waals surface area contributed by atoms with E-state index in [-0.39, 0.29) is 11.8 Å². The van der Waals surface area contributed by atoms with Crippen molar-refractivity contribution in [2.75, 3.05) is 26.2 Å². The van der Waals surface area contributed by atoms with Gasteiger partial charge in [-0.05, 0) is 24.3 Å². The van der Waals surface area contributed by atoms with Crippen molar-refractivity contribution in [3.63, 3.8) is 0 Å². The molecular weight excluding hydrogens is 303 g/mol. The lowest BCUT2D eigenvalue weighted by atomic mass is 10.2. The van der Waals surface area contributed by atoms with Crippen molar-refractivity contribution in [3.05, 3.63) is 41.2 Å². The van der Waals surface area contributed by atoms with Crippen LogP contribution in [-0.2, 0) is 6.54 Å². The Kier molecular flexibility index (Phi) is 4.35. The number of urea groups is 1. The topological polar surface area (TPSA) is 62.5 Å². The first-order valence-corrected chi connectivity index (χ1v) is 7.97. The fourth-order valence-electron chi connectivity index (χ4n) is 2.46. The molecule has 0 aliphatic carbocycles. The van der Waals surface area contributed by atoms with E-state index < -0.39 is 0 Å². The van der Waals surface area contributed by atoms with Gasteiger partial charge >= 0.3 is 6.03 Å². The van der Waals surface area contributed by atoms with Crippen molar-refractivity contribution in [1.82, 2.24) is 14.8 Å². The lowest BCUT2D eigenvalue weighted by Crippen LogP contribution is -2.50. The SMILES string of the molecule is NC(=O)N1CCN(Cc2csc(-c3ccc(F)cc3)n2)CC1. The zero-order valence-corrected chi connectivity index (χ0v) is 12.9. The highest BCUT2D eigenvalue weighted by atomic mass is 32.1. The van der Waals surface area contributed by atoms with Crippen LogP contribution in [0.25, 0.3) is 10.6 Å². The molecule has 2 heterocycles. The Balaban J connectivity index is 1.60. The minimum absolute atomic E-state index is 0.243. The van der Waals surface area contributed by atoms with Crippen LogP contribution in [0, 0.1) is 5.82 Å². The minimum Gasteiger partial charge on any atom is -0.351 e. The van der Waals surface area contributed by atoms with Crippen molar-refractivity contribution in [2.24, 2.45) is 5.73 Å². The minimum atomic E-state index is -0.355. The smallest absolute Gasteiger partial charge is 0.314 e. The molecule has 1 aromatic carbocycles. The van der Waals surface area contributed by atoms with E-state index in [1.807, 2.05) is 5.38 Å². The van der Waals surface area contributed by atoms with Crippen LogP contribution in [0.2, 0.25) is 0 Å². The number of rotatable bonds is 3. The number of hydrogen-bond acceptors (Lipinski definition) is 4. The van der Waals surface area contributed by atoms with Gasteiger partial charge in [0.15, 0.2) is 0 Å². The average molecular weight is 320 g/mol. The molecule has 0 unspecified atom stereocenters. The monoisotopic (exact) mass is 320 g/mol. The first kappa shape index (κ1) is 14.9. The standard InChI is InChI=1S/C15H17FN4OS/c16-12-3-1-11(2-4-12)14-18-13(10-22-14)9-19-5-7-20(8-6-19)15(17)21/h1-4,10H,5-9H2,(H2,17,21). The molecule has 116 valence electrons. The maximum absolute atomic E-state index is 12.9. The average Bonchev–Trinajstić information content (AvgIpc) is 2.97. The number of benzene rings is 1. The number of piperazine rings is 1. The van der Waals surface area contributed by atoms with Crippen LogP contribution in [0.15, 0.2) is 29.6 Å². The van der Waals surface area contributed by atoms with Crippen molar-refractivity contribution >= 4 is 17.4 Å². The molecule has 0 radical (unpaired) electrons. The number of carbonyl (C=O) groups is 1. The van der Waals surface area contributed by atoms with Crippen LogP contribution in [-0.4, -0.2) is 47.0 Å². The Morgan fingerprint density at radius 1 is 1.23 bits per heavy atom. The van der Waals surface area contributed by atoms with Gasteiger partial charge in [0.25, 0.3) is 0 Å². The molecule has 1 fully saturated rings. The highest BCUT2D eigenvalue weighted by Gasteiger charge is 2.19. The number of nitrogens with zero attached hydrogens (tertiary/aromatic N) is 3. The van der Waals surface area contributed by atoms with Gasteiger partial charge in [-0.1, -0.05) is 0 Å². The quantitative estimate of drug-likeness (QED) is 0.942. The van der Waals surface area contributed by atoms with E-state index in [0.29, 0.717) is 13.1 Å². The molecule has 5 nitrogen and oxygen atoms in total. The molecule has 1 saturated heterocycles. The molecule has 1 aliphatic heterocycles. The lowest BCUT2D eigenvalue weighted by Gasteiger charge is -2.33. The molecule has 22 heavy (non-hydrogen) atoms. The molecule has 0 atom stereocenters. The number of carbonyl (C=O) groups excluding carboxylic acids is 1. The van der Waals surface area contributed by atoms with E-state index in [1.165, 1.54) is 12.1 Å². The summed E-state index contributed by atoms with van der Waals surface area (Å²) in [5.74, 6) is -0.243. The molecule has 0 spiro atoms. The number of primary amides is 1. The molecule has 7 heteroatoms. The predicted molar refractivity (Wildman–Crippen MR) is 83.9 cm³/mol. The van der Waals surface area contributed by atoms with E-state index in [0.717, 1.165) is 35.9 Å². The van der Waals surface area contributed by atoms with E-state index >= 15 is 0 Å². The van der Waals surface area contributed by atoms with Gasteiger partial charge < -0.3 is 10.6 Å². The van der Waals surface area contributed by atoms with Gasteiger partial charge in [-0.3, -0.25) is 4.90 Å². The van der Waals surface area contributed by atoms with Crippen LogP contribution >= 0.6 is 11.3 Å². The van der Waals surface area contributed by atoms with Gasteiger partial charge in [0, 0.05) is 43.7 Å². The largest absolute Gasteiger partial charge is 0.351 e. The predicted octanol–water partition coefficient (Wildman–Crippen LogP) is 2.15. The van der Waals surface area contributed by atoms with Crippen LogP contribution in [0.1, 0.15) is 5.69 Å².